The van der Waals surface area contributed by atoms with E-state index in [1.807, 2.05) is 12.1 Å². The average molecular weight is 357 g/mol. The number of aromatic hydroxyl groups is 1. The Kier molecular flexibility index (Phi) is 4.47. The van der Waals surface area contributed by atoms with Crippen LogP contribution in [0.15, 0.2) is 21.1 Å². The number of phenolic OH excluding ortho intramolecular Hbond substituents is 1. The molecule has 0 bridgehead atoms. The van der Waals surface area contributed by atoms with Crippen molar-refractivity contribution in [1.29, 1.82) is 0 Å². The topological polar surface area (TPSA) is 46.2 Å². The number of benzene rings is 1. The van der Waals surface area contributed by atoms with E-state index in [-0.39, 0.29) is 24.2 Å². The van der Waals surface area contributed by atoms with Gasteiger partial charge in [-0.2, -0.15) is 0 Å². The standard InChI is InChI=1S/C10H11Br2NO.ClH/c11-6-3-4-7(12)10(14)8(6)9(13)5-1-2-5;/h3-5,9,14H,1-2,13H2;1H/t9-;/m0./s1. The highest BCUT2D eigenvalue weighted by molar-refractivity contribution is 9.11. The highest BCUT2D eigenvalue weighted by Crippen LogP contribution is 2.46. The third-order valence-corrected chi connectivity index (χ3v) is 3.91. The van der Waals surface area contributed by atoms with Gasteiger partial charge in [-0.15, -0.1) is 12.4 Å². The molecule has 0 heterocycles. The van der Waals surface area contributed by atoms with Gasteiger partial charge < -0.3 is 10.8 Å². The molecule has 1 aromatic carbocycles. The fourth-order valence-electron chi connectivity index (χ4n) is 1.56. The van der Waals surface area contributed by atoms with E-state index in [0.29, 0.717) is 10.4 Å². The fourth-order valence-corrected chi connectivity index (χ4v) is 2.49. The number of halogens is 3. The van der Waals surface area contributed by atoms with Gasteiger partial charge in [-0.1, -0.05) is 15.9 Å². The van der Waals surface area contributed by atoms with Crippen LogP contribution in [-0.2, 0) is 0 Å². The maximum atomic E-state index is 9.87. The molecular formula is C10H12Br2ClNO. The van der Waals surface area contributed by atoms with E-state index < -0.39 is 0 Å². The van der Waals surface area contributed by atoms with Crippen LogP contribution in [0.3, 0.4) is 0 Å². The van der Waals surface area contributed by atoms with Crippen molar-refractivity contribution in [3.63, 3.8) is 0 Å². The summed E-state index contributed by atoms with van der Waals surface area (Å²) in [5, 5.41) is 9.87. The summed E-state index contributed by atoms with van der Waals surface area (Å²) < 4.78 is 1.59. The zero-order valence-corrected chi connectivity index (χ0v) is 11.9. The second-order valence-electron chi connectivity index (χ2n) is 3.65. The molecule has 5 heteroatoms. The van der Waals surface area contributed by atoms with Gasteiger partial charge in [0.05, 0.1) is 4.47 Å². The molecule has 0 aromatic heterocycles. The predicted molar refractivity (Wildman–Crippen MR) is 70.4 cm³/mol. The summed E-state index contributed by atoms with van der Waals surface area (Å²) in [6.07, 6.45) is 2.33. The quantitative estimate of drug-likeness (QED) is 0.847. The molecule has 0 unspecified atom stereocenters. The van der Waals surface area contributed by atoms with Crippen LogP contribution in [0, 0.1) is 5.92 Å². The van der Waals surface area contributed by atoms with Crippen LogP contribution in [0.25, 0.3) is 0 Å². The minimum absolute atomic E-state index is 0. The van der Waals surface area contributed by atoms with E-state index in [0.717, 1.165) is 10.0 Å². The highest BCUT2D eigenvalue weighted by atomic mass is 79.9. The van der Waals surface area contributed by atoms with Gasteiger partial charge in [0.25, 0.3) is 0 Å². The molecule has 1 aliphatic carbocycles. The Morgan fingerprint density at radius 2 is 1.80 bits per heavy atom. The molecule has 3 N–H and O–H groups in total. The minimum Gasteiger partial charge on any atom is -0.506 e. The first kappa shape index (κ1) is 13.3. The van der Waals surface area contributed by atoms with Crippen LogP contribution in [-0.4, -0.2) is 5.11 Å². The van der Waals surface area contributed by atoms with Crippen molar-refractivity contribution in [1.82, 2.24) is 0 Å². The molecule has 1 aliphatic rings. The Hall–Kier alpha value is 0.230. The van der Waals surface area contributed by atoms with Gasteiger partial charge in [0, 0.05) is 16.1 Å². The smallest absolute Gasteiger partial charge is 0.135 e. The SMILES string of the molecule is Cl.N[C@H](c1c(Br)ccc(Br)c1O)C1CC1. The molecule has 0 saturated heterocycles. The summed E-state index contributed by atoms with van der Waals surface area (Å²) in [6.45, 7) is 0. The lowest BCUT2D eigenvalue weighted by Crippen LogP contribution is -2.13. The van der Waals surface area contributed by atoms with E-state index in [4.69, 9.17) is 5.73 Å². The summed E-state index contributed by atoms with van der Waals surface area (Å²) in [7, 11) is 0. The lowest BCUT2D eigenvalue weighted by atomic mass is 10.0. The summed E-state index contributed by atoms with van der Waals surface area (Å²) in [6, 6.07) is 3.66. The molecule has 1 saturated carbocycles. The number of nitrogens with two attached hydrogens (primary N) is 1. The molecular weight excluding hydrogens is 345 g/mol. The molecule has 0 spiro atoms. The Balaban J connectivity index is 0.00000112. The Labute approximate surface area is 112 Å². The van der Waals surface area contributed by atoms with Gasteiger partial charge in [-0.3, -0.25) is 0 Å². The third-order valence-electron chi connectivity index (χ3n) is 2.58. The van der Waals surface area contributed by atoms with E-state index in [1.54, 1.807) is 0 Å². The summed E-state index contributed by atoms with van der Waals surface area (Å²) in [4.78, 5) is 0. The first-order valence-electron chi connectivity index (χ1n) is 4.53. The van der Waals surface area contributed by atoms with Crippen molar-refractivity contribution in [2.75, 3.05) is 0 Å². The highest BCUT2D eigenvalue weighted by Gasteiger charge is 2.32. The molecule has 84 valence electrons. The van der Waals surface area contributed by atoms with Crippen molar-refractivity contribution >= 4 is 44.3 Å². The van der Waals surface area contributed by atoms with Crippen LogP contribution in [0.5, 0.6) is 5.75 Å². The number of hydrogen-bond donors (Lipinski definition) is 2. The van der Waals surface area contributed by atoms with E-state index >= 15 is 0 Å². The largest absolute Gasteiger partial charge is 0.506 e. The van der Waals surface area contributed by atoms with Gasteiger partial charge in [0.2, 0.25) is 0 Å². The number of hydrogen-bond acceptors (Lipinski definition) is 2. The fraction of sp³-hybridized carbons (Fsp3) is 0.400. The second kappa shape index (κ2) is 5.04. The minimum atomic E-state index is -0.0538. The Morgan fingerprint density at radius 1 is 1.27 bits per heavy atom. The zero-order chi connectivity index (χ0) is 10.3. The first-order valence-corrected chi connectivity index (χ1v) is 6.12. The molecule has 2 rings (SSSR count). The van der Waals surface area contributed by atoms with Gasteiger partial charge >= 0.3 is 0 Å². The van der Waals surface area contributed by atoms with Crippen LogP contribution >= 0.6 is 44.3 Å². The van der Waals surface area contributed by atoms with Crippen molar-refractivity contribution in [2.45, 2.75) is 18.9 Å². The van der Waals surface area contributed by atoms with Crippen molar-refractivity contribution in [3.8, 4) is 5.75 Å². The predicted octanol–water partition coefficient (Wildman–Crippen LogP) is 3.75. The van der Waals surface area contributed by atoms with Crippen molar-refractivity contribution in [3.05, 3.63) is 26.6 Å². The van der Waals surface area contributed by atoms with Gasteiger partial charge in [0.1, 0.15) is 5.75 Å². The Bertz CT molecular complexity index is 369. The third kappa shape index (κ3) is 2.67. The number of rotatable bonds is 2. The lowest BCUT2D eigenvalue weighted by Gasteiger charge is -2.15. The normalized spacial score (nSPS) is 17.0. The molecule has 2 nitrogen and oxygen atoms in total. The van der Waals surface area contributed by atoms with Crippen molar-refractivity contribution < 1.29 is 5.11 Å². The van der Waals surface area contributed by atoms with Crippen LogP contribution in [0.2, 0.25) is 0 Å². The van der Waals surface area contributed by atoms with E-state index in [2.05, 4.69) is 31.9 Å². The molecule has 1 fully saturated rings. The van der Waals surface area contributed by atoms with Crippen LogP contribution in [0.4, 0.5) is 0 Å². The summed E-state index contributed by atoms with van der Waals surface area (Å²) in [5.41, 5.74) is 6.88. The zero-order valence-electron chi connectivity index (χ0n) is 7.91. The maximum Gasteiger partial charge on any atom is 0.135 e. The molecule has 0 radical (unpaired) electrons. The van der Waals surface area contributed by atoms with Gasteiger partial charge in [-0.25, -0.2) is 0 Å². The average Bonchev–Trinajstić information content (AvgIpc) is 2.95. The lowest BCUT2D eigenvalue weighted by molar-refractivity contribution is 0.452. The molecule has 0 amide bonds. The van der Waals surface area contributed by atoms with Gasteiger partial charge in [-0.05, 0) is 46.8 Å². The summed E-state index contributed by atoms with van der Waals surface area (Å²) >= 11 is 6.71. The molecule has 1 aromatic rings. The number of phenols is 1. The van der Waals surface area contributed by atoms with Crippen molar-refractivity contribution in [2.24, 2.45) is 11.7 Å². The molecule has 0 aliphatic heterocycles. The van der Waals surface area contributed by atoms with Gasteiger partial charge in [0.15, 0.2) is 0 Å². The van der Waals surface area contributed by atoms with Crippen LogP contribution < -0.4 is 5.73 Å². The molecule has 15 heavy (non-hydrogen) atoms. The van der Waals surface area contributed by atoms with Crippen LogP contribution in [0.1, 0.15) is 24.4 Å². The van der Waals surface area contributed by atoms with E-state index in [9.17, 15) is 5.11 Å². The Morgan fingerprint density at radius 3 is 2.33 bits per heavy atom. The van der Waals surface area contributed by atoms with E-state index in [1.165, 1.54) is 12.8 Å². The first-order chi connectivity index (χ1) is 6.61. The summed E-state index contributed by atoms with van der Waals surface area (Å²) in [5.74, 6) is 0.797. The molecule has 1 atom stereocenters. The monoisotopic (exact) mass is 355 g/mol. The second-order valence-corrected chi connectivity index (χ2v) is 5.36. The maximum absolute atomic E-state index is 9.87.